The van der Waals surface area contributed by atoms with Crippen molar-refractivity contribution in [1.29, 1.82) is 0 Å². The fourth-order valence-electron chi connectivity index (χ4n) is 1.24. The van der Waals surface area contributed by atoms with Crippen LogP contribution in [0.4, 0.5) is 11.4 Å². The van der Waals surface area contributed by atoms with Crippen molar-refractivity contribution in [2.45, 2.75) is 13.8 Å². The molecule has 0 unspecified atom stereocenters. The first-order chi connectivity index (χ1) is 8.41. The van der Waals surface area contributed by atoms with Crippen molar-refractivity contribution in [3.63, 3.8) is 0 Å². The number of benzene rings is 1. The van der Waals surface area contributed by atoms with Crippen LogP contribution in [-0.4, -0.2) is 22.0 Å². The van der Waals surface area contributed by atoms with Crippen LogP contribution in [0.1, 0.15) is 13.8 Å². The number of aliphatic hydroxyl groups excluding tert-OH is 1. The molecule has 0 radical (unpaired) electrons. The molecule has 1 N–H and O–H groups in total. The fourth-order valence-corrected chi connectivity index (χ4v) is 1.24. The molecule has 6 nitrogen and oxygen atoms in total. The summed E-state index contributed by atoms with van der Waals surface area (Å²) >= 11 is 0. The number of hydrogen-bond donors (Lipinski definition) is 1. The van der Waals surface area contributed by atoms with Crippen molar-refractivity contribution in [2.75, 3.05) is 0 Å². The Morgan fingerprint density at radius 3 is 2.28 bits per heavy atom. The summed E-state index contributed by atoms with van der Waals surface area (Å²) in [5, 5.41) is 19.7. The van der Waals surface area contributed by atoms with Crippen LogP contribution in [0.5, 0.6) is 0 Å². The number of aliphatic imine (C=N–C) groups is 1. The highest BCUT2D eigenvalue weighted by atomic mass is 16.6. The van der Waals surface area contributed by atoms with Gasteiger partial charge < -0.3 is 5.11 Å². The number of nitrogens with zero attached hydrogens (tertiary/aromatic N) is 2. The molecule has 6 heteroatoms. The summed E-state index contributed by atoms with van der Waals surface area (Å²) in [5.41, 5.74) is 0.531. The number of nitro groups is 1. The molecule has 0 saturated heterocycles. The van der Waals surface area contributed by atoms with E-state index in [1.165, 1.54) is 44.3 Å². The molecule has 0 aliphatic carbocycles. The van der Waals surface area contributed by atoms with Crippen molar-refractivity contribution in [1.82, 2.24) is 0 Å². The number of carbonyl (C=O) groups excluding carboxylic acids is 1. The molecule has 0 aliphatic heterocycles. The van der Waals surface area contributed by atoms with E-state index in [0.29, 0.717) is 5.69 Å². The normalized spacial score (nSPS) is 12.3. The van der Waals surface area contributed by atoms with Crippen LogP contribution in [0, 0.1) is 10.1 Å². The van der Waals surface area contributed by atoms with Gasteiger partial charge in [-0.1, -0.05) is 0 Å². The topological polar surface area (TPSA) is 92.8 Å². The van der Waals surface area contributed by atoms with Gasteiger partial charge in [-0.05, 0) is 26.0 Å². The molecule has 1 rings (SSSR count). The third kappa shape index (κ3) is 3.51. The average Bonchev–Trinajstić information content (AvgIpc) is 2.28. The van der Waals surface area contributed by atoms with E-state index >= 15 is 0 Å². The van der Waals surface area contributed by atoms with Crippen LogP contribution in [0.2, 0.25) is 0 Å². The summed E-state index contributed by atoms with van der Waals surface area (Å²) in [6.07, 6.45) is 1.23. The van der Waals surface area contributed by atoms with Gasteiger partial charge in [-0.15, -0.1) is 0 Å². The highest BCUT2D eigenvalue weighted by molar-refractivity contribution is 6.12. The van der Waals surface area contributed by atoms with Gasteiger partial charge in [0.05, 0.1) is 16.2 Å². The molecule has 1 aromatic carbocycles. The lowest BCUT2D eigenvalue weighted by molar-refractivity contribution is -0.384. The fraction of sp³-hybridized carbons (Fsp3) is 0.167. The Balaban J connectivity index is 2.94. The maximum atomic E-state index is 11.2. The van der Waals surface area contributed by atoms with E-state index < -0.39 is 4.92 Å². The number of non-ortho nitro benzene ring substituents is 1. The van der Waals surface area contributed by atoms with E-state index in [1.54, 1.807) is 0 Å². The lowest BCUT2D eigenvalue weighted by Gasteiger charge is -1.98. The van der Waals surface area contributed by atoms with Crippen molar-refractivity contribution in [2.24, 2.45) is 4.99 Å². The molecule has 0 spiro atoms. The second-order valence-electron chi connectivity index (χ2n) is 3.59. The molecule has 0 fully saturated rings. The van der Waals surface area contributed by atoms with E-state index in [9.17, 15) is 20.0 Å². The van der Waals surface area contributed by atoms with Crippen LogP contribution in [0.3, 0.4) is 0 Å². The maximum absolute atomic E-state index is 11.2. The SMILES string of the molecule is CC(=O)/C(C=Nc1ccc([N+](=O)[O-])cc1)=C(/C)O. The van der Waals surface area contributed by atoms with Gasteiger partial charge in [0, 0.05) is 18.3 Å². The van der Waals surface area contributed by atoms with Gasteiger partial charge in [-0.2, -0.15) is 0 Å². The third-order valence-corrected chi connectivity index (χ3v) is 2.17. The zero-order chi connectivity index (χ0) is 13.7. The zero-order valence-electron chi connectivity index (χ0n) is 9.95. The van der Waals surface area contributed by atoms with Gasteiger partial charge in [0.1, 0.15) is 5.76 Å². The predicted molar refractivity (Wildman–Crippen MR) is 67.3 cm³/mol. The minimum Gasteiger partial charge on any atom is -0.512 e. The first-order valence-electron chi connectivity index (χ1n) is 5.11. The molecule has 1 aromatic rings. The van der Waals surface area contributed by atoms with Gasteiger partial charge in [0.15, 0.2) is 5.78 Å². The van der Waals surface area contributed by atoms with E-state index in [2.05, 4.69) is 4.99 Å². The Bertz CT molecular complexity index is 526. The Kier molecular flexibility index (Phi) is 4.31. The number of aliphatic hydroxyl groups is 1. The van der Waals surface area contributed by atoms with Crippen LogP contribution in [0.15, 0.2) is 40.6 Å². The summed E-state index contributed by atoms with van der Waals surface area (Å²) < 4.78 is 0. The smallest absolute Gasteiger partial charge is 0.269 e. The molecule has 0 aromatic heterocycles. The summed E-state index contributed by atoms with van der Waals surface area (Å²) in [7, 11) is 0. The summed E-state index contributed by atoms with van der Waals surface area (Å²) in [6.45, 7) is 2.70. The Hall–Kier alpha value is -2.50. The summed E-state index contributed by atoms with van der Waals surface area (Å²) in [5.74, 6) is -0.422. The third-order valence-electron chi connectivity index (χ3n) is 2.17. The number of ketones is 1. The standard InChI is InChI=1S/C12H12N2O4/c1-8(15)12(9(2)16)7-13-10-3-5-11(6-4-10)14(17)18/h3-7,15H,1-2H3/b12-8-,13-7?. The lowest BCUT2D eigenvalue weighted by atomic mass is 10.2. The van der Waals surface area contributed by atoms with Gasteiger partial charge in [-0.25, -0.2) is 0 Å². The minimum absolute atomic E-state index is 0.0328. The summed E-state index contributed by atoms with van der Waals surface area (Å²) in [6, 6.07) is 5.55. The number of allylic oxidation sites excluding steroid dienone is 2. The van der Waals surface area contributed by atoms with Gasteiger partial charge in [0.25, 0.3) is 5.69 Å². The Morgan fingerprint density at radius 1 is 1.33 bits per heavy atom. The number of nitro benzene ring substituents is 1. The molecule has 18 heavy (non-hydrogen) atoms. The molecule has 0 amide bonds. The highest BCUT2D eigenvalue weighted by Crippen LogP contribution is 2.17. The van der Waals surface area contributed by atoms with E-state index in [0.717, 1.165) is 0 Å². The van der Waals surface area contributed by atoms with Crippen LogP contribution < -0.4 is 0 Å². The van der Waals surface area contributed by atoms with Crippen LogP contribution in [0.25, 0.3) is 0 Å². The predicted octanol–water partition coefficient (Wildman–Crippen LogP) is 2.72. The zero-order valence-corrected chi connectivity index (χ0v) is 9.95. The van der Waals surface area contributed by atoms with Crippen LogP contribution >= 0.6 is 0 Å². The van der Waals surface area contributed by atoms with E-state index in [4.69, 9.17) is 0 Å². The molecular weight excluding hydrogens is 236 g/mol. The average molecular weight is 248 g/mol. The highest BCUT2D eigenvalue weighted by Gasteiger charge is 2.06. The second-order valence-corrected chi connectivity index (χ2v) is 3.59. The number of rotatable bonds is 4. The summed E-state index contributed by atoms with van der Waals surface area (Å²) in [4.78, 5) is 25.0. The molecule has 0 heterocycles. The van der Waals surface area contributed by atoms with Crippen molar-refractivity contribution >= 4 is 23.4 Å². The number of hydrogen-bond acceptors (Lipinski definition) is 5. The van der Waals surface area contributed by atoms with E-state index in [1.807, 2.05) is 0 Å². The number of carbonyl (C=O) groups is 1. The van der Waals surface area contributed by atoms with Gasteiger partial charge in [-0.3, -0.25) is 19.9 Å². The molecule has 0 bridgehead atoms. The molecule has 94 valence electrons. The monoisotopic (exact) mass is 248 g/mol. The van der Waals surface area contributed by atoms with E-state index in [-0.39, 0.29) is 22.8 Å². The van der Waals surface area contributed by atoms with Crippen LogP contribution in [-0.2, 0) is 4.79 Å². The first kappa shape index (κ1) is 13.6. The Labute approximate surface area is 103 Å². The van der Waals surface area contributed by atoms with Crippen molar-refractivity contribution < 1.29 is 14.8 Å². The van der Waals surface area contributed by atoms with Gasteiger partial charge >= 0.3 is 0 Å². The molecule has 0 saturated carbocycles. The van der Waals surface area contributed by atoms with Gasteiger partial charge in [0.2, 0.25) is 0 Å². The second kappa shape index (κ2) is 5.72. The van der Waals surface area contributed by atoms with Crippen molar-refractivity contribution in [3.05, 3.63) is 45.7 Å². The number of Topliss-reactive ketones (excluding diaryl/α,β-unsaturated/α-hetero) is 1. The molecule has 0 aliphatic rings. The van der Waals surface area contributed by atoms with Crippen molar-refractivity contribution in [3.8, 4) is 0 Å². The largest absolute Gasteiger partial charge is 0.512 e. The molecular formula is C12H12N2O4. The Morgan fingerprint density at radius 2 is 1.89 bits per heavy atom. The maximum Gasteiger partial charge on any atom is 0.269 e. The lowest BCUT2D eigenvalue weighted by Crippen LogP contribution is -2.01. The first-order valence-corrected chi connectivity index (χ1v) is 5.11. The molecule has 0 atom stereocenters. The quantitative estimate of drug-likeness (QED) is 0.291. The minimum atomic E-state index is -0.508.